The number of benzene rings is 2. The fourth-order valence-corrected chi connectivity index (χ4v) is 2.84. The van der Waals surface area contributed by atoms with Crippen molar-refractivity contribution >= 4 is 29.1 Å². The lowest BCUT2D eigenvalue weighted by Gasteiger charge is -2.18. The Bertz CT molecular complexity index is 772. The monoisotopic (exact) mass is 389 g/mol. The number of amides is 1. The summed E-state index contributed by atoms with van der Waals surface area (Å²) in [7, 11) is 1.30. The Morgan fingerprint density at radius 2 is 1.92 bits per heavy atom. The molecule has 1 N–H and O–H groups in total. The Hall–Kier alpha value is -2.05. The zero-order valence-corrected chi connectivity index (χ0v) is 14.9. The normalized spacial score (nSPS) is 12.0. The molecule has 4 nitrogen and oxygen atoms in total. The average molecular weight is 390 g/mol. The molecule has 0 unspecified atom stereocenters. The molecule has 0 aromatic heterocycles. The Labute approximate surface area is 153 Å². The highest BCUT2D eigenvalue weighted by atomic mass is 35.5. The molecular formula is C17H15Cl2F2NO3. The number of halogens is 4. The van der Waals surface area contributed by atoms with Gasteiger partial charge in [0, 0.05) is 10.0 Å². The molecular weight excluding hydrogens is 375 g/mol. The number of rotatable bonds is 6. The van der Waals surface area contributed by atoms with Crippen LogP contribution in [0.2, 0.25) is 10.0 Å². The van der Waals surface area contributed by atoms with E-state index in [2.05, 4.69) is 10.1 Å². The standard InChI is InChI=1S/C17H15Cl2F2NO3/c1-9(11-7-6-10(18)8-13(11)19)22-16(23)12-4-3-5-14(24-2)15(12)25-17(20)21/h3-9,17H,1-2H3,(H,22,23)/t9-/m0/s1. The molecule has 0 saturated carbocycles. The minimum atomic E-state index is -3.09. The largest absolute Gasteiger partial charge is 0.493 e. The molecule has 0 aliphatic heterocycles. The topological polar surface area (TPSA) is 47.6 Å². The predicted octanol–water partition coefficient (Wildman–Crippen LogP) is 5.09. The number of para-hydroxylation sites is 1. The molecule has 134 valence electrons. The second kappa shape index (κ2) is 8.36. The number of hydrogen-bond acceptors (Lipinski definition) is 3. The zero-order chi connectivity index (χ0) is 18.6. The summed E-state index contributed by atoms with van der Waals surface area (Å²) in [5.74, 6) is -0.898. The van der Waals surface area contributed by atoms with Crippen LogP contribution in [-0.4, -0.2) is 19.6 Å². The molecule has 1 amide bonds. The number of carbonyl (C=O) groups excluding carboxylic acids is 1. The molecule has 0 bridgehead atoms. The lowest BCUT2D eigenvalue weighted by Crippen LogP contribution is -2.27. The van der Waals surface area contributed by atoms with Gasteiger partial charge in [0.2, 0.25) is 0 Å². The summed E-state index contributed by atoms with van der Waals surface area (Å²) in [5, 5.41) is 3.54. The van der Waals surface area contributed by atoms with Gasteiger partial charge in [-0.2, -0.15) is 8.78 Å². The lowest BCUT2D eigenvalue weighted by atomic mass is 10.1. The summed E-state index contributed by atoms with van der Waals surface area (Å²) in [4.78, 5) is 12.5. The number of carbonyl (C=O) groups is 1. The van der Waals surface area contributed by atoms with Crippen molar-refractivity contribution in [1.29, 1.82) is 0 Å². The minimum Gasteiger partial charge on any atom is -0.493 e. The van der Waals surface area contributed by atoms with Crippen LogP contribution in [0.5, 0.6) is 11.5 Å². The second-order valence-electron chi connectivity index (χ2n) is 5.08. The van der Waals surface area contributed by atoms with Crippen LogP contribution >= 0.6 is 23.2 Å². The number of hydrogen-bond donors (Lipinski definition) is 1. The fraction of sp³-hybridized carbons (Fsp3) is 0.235. The van der Waals surface area contributed by atoms with Crippen molar-refractivity contribution in [2.45, 2.75) is 19.6 Å². The van der Waals surface area contributed by atoms with Gasteiger partial charge in [-0.1, -0.05) is 35.3 Å². The maximum Gasteiger partial charge on any atom is 0.387 e. The molecule has 0 radical (unpaired) electrons. The van der Waals surface area contributed by atoms with Crippen molar-refractivity contribution < 1.29 is 23.0 Å². The van der Waals surface area contributed by atoms with E-state index in [9.17, 15) is 13.6 Å². The SMILES string of the molecule is COc1cccc(C(=O)N[C@@H](C)c2ccc(Cl)cc2Cl)c1OC(F)F. The van der Waals surface area contributed by atoms with Gasteiger partial charge in [-0.3, -0.25) is 4.79 Å². The van der Waals surface area contributed by atoms with Crippen LogP contribution in [-0.2, 0) is 0 Å². The van der Waals surface area contributed by atoms with E-state index in [1.54, 1.807) is 25.1 Å². The number of ether oxygens (including phenoxy) is 2. The summed E-state index contributed by atoms with van der Waals surface area (Å²) in [6.45, 7) is -1.38. The number of methoxy groups -OCH3 is 1. The summed E-state index contributed by atoms with van der Waals surface area (Å²) in [6.07, 6.45) is 0. The van der Waals surface area contributed by atoms with Gasteiger partial charge in [0.1, 0.15) is 0 Å². The maximum absolute atomic E-state index is 12.7. The van der Waals surface area contributed by atoms with Crippen molar-refractivity contribution in [3.63, 3.8) is 0 Å². The van der Waals surface area contributed by atoms with E-state index >= 15 is 0 Å². The maximum atomic E-state index is 12.7. The Balaban J connectivity index is 2.28. The van der Waals surface area contributed by atoms with Crippen molar-refractivity contribution in [3.05, 3.63) is 57.6 Å². The molecule has 0 aliphatic carbocycles. The van der Waals surface area contributed by atoms with Crippen LogP contribution in [0.4, 0.5) is 8.78 Å². The number of nitrogens with one attached hydrogen (secondary N) is 1. The van der Waals surface area contributed by atoms with Crippen molar-refractivity contribution in [2.75, 3.05) is 7.11 Å². The Morgan fingerprint density at radius 1 is 1.20 bits per heavy atom. The predicted molar refractivity (Wildman–Crippen MR) is 92.0 cm³/mol. The molecule has 25 heavy (non-hydrogen) atoms. The van der Waals surface area contributed by atoms with Gasteiger partial charge in [0.25, 0.3) is 5.91 Å². The van der Waals surface area contributed by atoms with Gasteiger partial charge < -0.3 is 14.8 Å². The molecule has 8 heteroatoms. The molecule has 0 spiro atoms. The van der Waals surface area contributed by atoms with Crippen molar-refractivity contribution in [1.82, 2.24) is 5.32 Å². The quantitative estimate of drug-likeness (QED) is 0.747. The molecule has 2 rings (SSSR count). The minimum absolute atomic E-state index is 0.0325. The summed E-state index contributed by atoms with van der Waals surface area (Å²) >= 11 is 12.0. The van der Waals surface area contributed by atoms with E-state index in [0.29, 0.717) is 15.6 Å². The van der Waals surface area contributed by atoms with Crippen LogP contribution in [0.1, 0.15) is 28.9 Å². The second-order valence-corrected chi connectivity index (χ2v) is 5.92. The van der Waals surface area contributed by atoms with Crippen LogP contribution in [0.25, 0.3) is 0 Å². The first-order chi connectivity index (χ1) is 11.8. The lowest BCUT2D eigenvalue weighted by molar-refractivity contribution is -0.0515. The van der Waals surface area contributed by atoms with Crippen LogP contribution in [0, 0.1) is 0 Å². The third kappa shape index (κ3) is 4.74. The van der Waals surface area contributed by atoms with E-state index in [0.717, 1.165) is 0 Å². The zero-order valence-electron chi connectivity index (χ0n) is 13.4. The van der Waals surface area contributed by atoms with E-state index in [1.165, 1.54) is 25.3 Å². The van der Waals surface area contributed by atoms with Gasteiger partial charge >= 0.3 is 6.61 Å². The molecule has 2 aromatic rings. The van der Waals surface area contributed by atoms with Gasteiger partial charge in [0.15, 0.2) is 11.5 Å². The molecule has 0 heterocycles. The smallest absolute Gasteiger partial charge is 0.387 e. The van der Waals surface area contributed by atoms with E-state index in [4.69, 9.17) is 27.9 Å². The van der Waals surface area contributed by atoms with Crippen molar-refractivity contribution in [2.24, 2.45) is 0 Å². The Morgan fingerprint density at radius 3 is 2.52 bits per heavy atom. The van der Waals surface area contributed by atoms with E-state index in [-0.39, 0.29) is 17.1 Å². The molecule has 2 aromatic carbocycles. The average Bonchev–Trinajstić information content (AvgIpc) is 2.54. The van der Waals surface area contributed by atoms with Crippen LogP contribution < -0.4 is 14.8 Å². The first-order valence-electron chi connectivity index (χ1n) is 7.21. The highest BCUT2D eigenvalue weighted by Gasteiger charge is 2.22. The van der Waals surface area contributed by atoms with Crippen LogP contribution in [0.3, 0.4) is 0 Å². The molecule has 0 fully saturated rings. The van der Waals surface area contributed by atoms with E-state index in [1.807, 2.05) is 0 Å². The first kappa shape index (κ1) is 19.3. The third-order valence-corrected chi connectivity index (χ3v) is 3.99. The van der Waals surface area contributed by atoms with Crippen molar-refractivity contribution in [3.8, 4) is 11.5 Å². The van der Waals surface area contributed by atoms with E-state index < -0.39 is 18.6 Å². The highest BCUT2D eigenvalue weighted by molar-refractivity contribution is 6.35. The summed E-state index contributed by atoms with van der Waals surface area (Å²) in [6, 6.07) is 8.69. The molecule has 1 atom stereocenters. The van der Waals surface area contributed by atoms with Gasteiger partial charge in [0.05, 0.1) is 18.7 Å². The van der Waals surface area contributed by atoms with Gasteiger partial charge in [-0.25, -0.2) is 0 Å². The summed E-state index contributed by atoms with van der Waals surface area (Å²) in [5.41, 5.74) is 0.565. The summed E-state index contributed by atoms with van der Waals surface area (Å²) < 4.78 is 34.8. The van der Waals surface area contributed by atoms with Gasteiger partial charge in [-0.05, 0) is 36.8 Å². The fourth-order valence-electron chi connectivity index (χ4n) is 2.27. The Kier molecular flexibility index (Phi) is 6.45. The third-order valence-electron chi connectivity index (χ3n) is 3.43. The number of alkyl halides is 2. The van der Waals surface area contributed by atoms with Gasteiger partial charge in [-0.15, -0.1) is 0 Å². The van der Waals surface area contributed by atoms with Crippen LogP contribution in [0.15, 0.2) is 36.4 Å². The highest BCUT2D eigenvalue weighted by Crippen LogP contribution is 2.33. The first-order valence-corrected chi connectivity index (χ1v) is 7.96. The molecule has 0 aliphatic rings. The molecule has 0 saturated heterocycles.